The molecule has 0 N–H and O–H groups in total. The minimum atomic E-state index is -0.965. The lowest BCUT2D eigenvalue weighted by atomic mass is 10.1. The van der Waals surface area contributed by atoms with Crippen LogP contribution in [0.15, 0.2) is 48.7 Å². The molecular weight excluding hydrogens is 340 g/mol. The molecule has 0 saturated carbocycles. The van der Waals surface area contributed by atoms with Crippen molar-refractivity contribution in [1.82, 2.24) is 9.88 Å². The molecule has 0 aliphatic carbocycles. The zero-order valence-electron chi connectivity index (χ0n) is 14.3. The molecule has 2 aromatic rings. The van der Waals surface area contributed by atoms with Gasteiger partial charge in [-0.25, -0.2) is 4.98 Å². The van der Waals surface area contributed by atoms with Gasteiger partial charge in [-0.3, -0.25) is 4.79 Å². The molecular formula is C19H21ClN2O3. The van der Waals surface area contributed by atoms with E-state index in [1.165, 1.54) is 0 Å². The minimum Gasteiger partial charge on any atom is -0.478 e. The van der Waals surface area contributed by atoms with E-state index in [0.29, 0.717) is 29.7 Å². The van der Waals surface area contributed by atoms with Crippen LogP contribution in [0.1, 0.15) is 20.3 Å². The summed E-state index contributed by atoms with van der Waals surface area (Å²) in [6, 6.07) is 12.5. The number of benzene rings is 1. The summed E-state index contributed by atoms with van der Waals surface area (Å²) in [6.07, 6.45) is 2.42. The highest BCUT2D eigenvalue weighted by Gasteiger charge is 2.38. The molecule has 1 aliphatic rings. The van der Waals surface area contributed by atoms with Crippen molar-refractivity contribution < 1.29 is 14.3 Å². The number of hydrogen-bond donors (Lipinski definition) is 0. The van der Waals surface area contributed by atoms with Crippen LogP contribution in [-0.2, 0) is 4.79 Å². The molecule has 1 atom stereocenters. The lowest BCUT2D eigenvalue weighted by Crippen LogP contribution is -2.48. The number of amides is 1. The molecule has 3 rings (SSSR count). The molecule has 132 valence electrons. The van der Waals surface area contributed by atoms with Gasteiger partial charge in [0.05, 0.1) is 6.54 Å². The number of nitrogens with zero attached hydrogens (tertiary/aromatic N) is 2. The minimum absolute atomic E-state index is 0.0508. The Hall–Kier alpha value is -2.27. The van der Waals surface area contributed by atoms with Crippen LogP contribution in [-0.4, -0.2) is 40.6 Å². The standard InChI is InChI=1S/C19H21ClN2O3/c1-19(2,25-15-8-6-14(20)7-9-15)18(23)22-12-10-16(13-22)24-17-5-3-4-11-21-17/h3-9,11,16H,10,12-13H2,1-2H3. The molecule has 0 radical (unpaired) electrons. The van der Waals surface area contributed by atoms with Gasteiger partial charge in [0, 0.05) is 30.3 Å². The Balaban J connectivity index is 1.59. The first-order valence-electron chi connectivity index (χ1n) is 8.26. The van der Waals surface area contributed by atoms with Gasteiger partial charge in [-0.2, -0.15) is 0 Å². The van der Waals surface area contributed by atoms with Crippen molar-refractivity contribution >= 4 is 17.5 Å². The van der Waals surface area contributed by atoms with Crippen molar-refractivity contribution in [3.63, 3.8) is 0 Å². The highest BCUT2D eigenvalue weighted by atomic mass is 35.5. The molecule has 0 spiro atoms. The number of carbonyl (C=O) groups excluding carboxylic acids is 1. The van der Waals surface area contributed by atoms with E-state index in [-0.39, 0.29) is 12.0 Å². The number of aromatic nitrogens is 1. The van der Waals surface area contributed by atoms with Crippen LogP contribution in [0.25, 0.3) is 0 Å². The van der Waals surface area contributed by atoms with Crippen molar-refractivity contribution in [1.29, 1.82) is 0 Å². The van der Waals surface area contributed by atoms with E-state index < -0.39 is 5.60 Å². The van der Waals surface area contributed by atoms with Crippen LogP contribution in [0, 0.1) is 0 Å². The number of ether oxygens (including phenoxy) is 2. The van der Waals surface area contributed by atoms with E-state index in [9.17, 15) is 4.79 Å². The molecule has 1 saturated heterocycles. The van der Waals surface area contributed by atoms with Crippen molar-refractivity contribution in [3.8, 4) is 11.6 Å². The van der Waals surface area contributed by atoms with Crippen molar-refractivity contribution in [2.75, 3.05) is 13.1 Å². The second-order valence-corrected chi connectivity index (χ2v) is 6.95. The van der Waals surface area contributed by atoms with E-state index in [1.807, 2.05) is 18.2 Å². The van der Waals surface area contributed by atoms with Gasteiger partial charge >= 0.3 is 0 Å². The van der Waals surface area contributed by atoms with E-state index in [0.717, 1.165) is 6.42 Å². The third kappa shape index (κ3) is 4.42. The number of carbonyl (C=O) groups is 1. The maximum Gasteiger partial charge on any atom is 0.266 e. The first-order chi connectivity index (χ1) is 11.9. The molecule has 1 aliphatic heterocycles. The zero-order valence-corrected chi connectivity index (χ0v) is 15.1. The van der Waals surface area contributed by atoms with Crippen LogP contribution >= 0.6 is 11.6 Å². The van der Waals surface area contributed by atoms with Gasteiger partial charge in [0.1, 0.15) is 11.9 Å². The number of likely N-dealkylation sites (tertiary alicyclic amines) is 1. The normalized spacial score (nSPS) is 17.4. The fourth-order valence-corrected chi connectivity index (χ4v) is 2.94. The van der Waals surface area contributed by atoms with E-state index in [4.69, 9.17) is 21.1 Å². The Labute approximate surface area is 152 Å². The first-order valence-corrected chi connectivity index (χ1v) is 8.63. The van der Waals surface area contributed by atoms with E-state index >= 15 is 0 Å². The molecule has 1 unspecified atom stereocenters. The van der Waals surface area contributed by atoms with Crippen LogP contribution in [0.3, 0.4) is 0 Å². The number of hydrogen-bond acceptors (Lipinski definition) is 4. The van der Waals surface area contributed by atoms with Gasteiger partial charge in [0.2, 0.25) is 5.88 Å². The zero-order chi connectivity index (χ0) is 17.9. The average Bonchev–Trinajstić information content (AvgIpc) is 3.05. The molecule has 1 aromatic carbocycles. The summed E-state index contributed by atoms with van der Waals surface area (Å²) < 4.78 is 11.7. The van der Waals surface area contributed by atoms with Crippen LogP contribution in [0.2, 0.25) is 5.02 Å². The summed E-state index contributed by atoms with van der Waals surface area (Å²) in [4.78, 5) is 18.8. The van der Waals surface area contributed by atoms with E-state index in [2.05, 4.69) is 4.98 Å². The maximum absolute atomic E-state index is 12.8. The van der Waals surface area contributed by atoms with Crippen molar-refractivity contribution in [3.05, 3.63) is 53.7 Å². The lowest BCUT2D eigenvalue weighted by molar-refractivity contribution is -0.144. The number of halogens is 1. The Bertz CT molecular complexity index is 719. The SMILES string of the molecule is CC(C)(Oc1ccc(Cl)cc1)C(=O)N1CCC(Oc2ccccn2)C1. The topological polar surface area (TPSA) is 51.7 Å². The van der Waals surface area contributed by atoms with Crippen molar-refractivity contribution in [2.45, 2.75) is 32.0 Å². The summed E-state index contributed by atoms with van der Waals surface area (Å²) >= 11 is 5.88. The Morgan fingerprint density at radius 3 is 2.68 bits per heavy atom. The maximum atomic E-state index is 12.8. The predicted octanol–water partition coefficient (Wildman–Crippen LogP) is 3.57. The molecule has 1 amide bonds. The Morgan fingerprint density at radius 1 is 1.24 bits per heavy atom. The third-order valence-electron chi connectivity index (χ3n) is 4.06. The molecule has 6 heteroatoms. The van der Waals surface area contributed by atoms with Crippen LogP contribution in [0.5, 0.6) is 11.6 Å². The molecule has 25 heavy (non-hydrogen) atoms. The Kier molecular flexibility index (Phi) is 5.13. The molecule has 2 heterocycles. The van der Waals surface area contributed by atoms with Gasteiger partial charge in [0.25, 0.3) is 5.91 Å². The summed E-state index contributed by atoms with van der Waals surface area (Å²) in [5.41, 5.74) is -0.965. The van der Waals surface area contributed by atoms with Gasteiger partial charge in [0.15, 0.2) is 5.60 Å². The average molecular weight is 361 g/mol. The molecule has 0 bridgehead atoms. The largest absolute Gasteiger partial charge is 0.478 e. The second kappa shape index (κ2) is 7.31. The fourth-order valence-electron chi connectivity index (χ4n) is 2.82. The smallest absolute Gasteiger partial charge is 0.266 e. The van der Waals surface area contributed by atoms with Gasteiger partial charge in [-0.15, -0.1) is 0 Å². The summed E-state index contributed by atoms with van der Waals surface area (Å²) in [6.45, 7) is 4.72. The highest BCUT2D eigenvalue weighted by Crippen LogP contribution is 2.25. The summed E-state index contributed by atoms with van der Waals surface area (Å²) in [5, 5.41) is 0.630. The Morgan fingerprint density at radius 2 is 2.00 bits per heavy atom. The molecule has 5 nitrogen and oxygen atoms in total. The highest BCUT2D eigenvalue weighted by molar-refractivity contribution is 6.30. The summed E-state index contributed by atoms with van der Waals surface area (Å²) in [5.74, 6) is 1.14. The molecule has 1 fully saturated rings. The second-order valence-electron chi connectivity index (χ2n) is 6.51. The summed E-state index contributed by atoms with van der Waals surface area (Å²) in [7, 11) is 0. The van der Waals surface area contributed by atoms with Crippen LogP contribution < -0.4 is 9.47 Å². The van der Waals surface area contributed by atoms with Crippen molar-refractivity contribution in [2.24, 2.45) is 0 Å². The quantitative estimate of drug-likeness (QED) is 0.817. The first kappa shape index (κ1) is 17.5. The van der Waals surface area contributed by atoms with Gasteiger partial charge in [-0.1, -0.05) is 17.7 Å². The fraction of sp³-hybridized carbons (Fsp3) is 0.368. The predicted molar refractivity (Wildman–Crippen MR) is 96.0 cm³/mol. The van der Waals surface area contributed by atoms with Crippen LogP contribution in [0.4, 0.5) is 0 Å². The van der Waals surface area contributed by atoms with E-state index in [1.54, 1.807) is 49.2 Å². The number of rotatable bonds is 5. The monoisotopic (exact) mass is 360 g/mol. The number of pyridine rings is 1. The molecule has 1 aromatic heterocycles. The lowest BCUT2D eigenvalue weighted by Gasteiger charge is -2.30. The van der Waals surface area contributed by atoms with Gasteiger partial charge in [-0.05, 0) is 44.2 Å². The third-order valence-corrected chi connectivity index (χ3v) is 4.31. The van der Waals surface area contributed by atoms with Gasteiger partial charge < -0.3 is 14.4 Å².